The summed E-state index contributed by atoms with van der Waals surface area (Å²) in [6.45, 7) is 3.86. The number of anilines is 1. The predicted molar refractivity (Wildman–Crippen MR) is 154 cm³/mol. The molecule has 1 aliphatic rings. The third-order valence-corrected chi connectivity index (χ3v) is 7.19. The summed E-state index contributed by atoms with van der Waals surface area (Å²) in [7, 11) is 1.55. The highest BCUT2D eigenvalue weighted by Gasteiger charge is 2.38. The van der Waals surface area contributed by atoms with Crippen LogP contribution in [0.5, 0.6) is 5.75 Å². The van der Waals surface area contributed by atoms with E-state index in [0.717, 1.165) is 27.8 Å². The van der Waals surface area contributed by atoms with Crippen LogP contribution < -0.4 is 10.1 Å². The largest absolute Gasteiger partial charge is 0.496 e. The van der Waals surface area contributed by atoms with Gasteiger partial charge in [-0.25, -0.2) is 4.79 Å². The summed E-state index contributed by atoms with van der Waals surface area (Å²) in [5, 5.41) is 12.6. The SMILES string of the molecule is COc1cc(NC(=O)c2ccc(-c3ccccc3)cc2)ccc1-c1ccc2c(c1)C(=O)N(C(C(=O)O)C(C)C)C2. The highest BCUT2D eigenvalue weighted by molar-refractivity contribution is 6.05. The Kier molecular flexibility index (Phi) is 7.38. The van der Waals surface area contributed by atoms with E-state index in [2.05, 4.69) is 5.32 Å². The van der Waals surface area contributed by atoms with Gasteiger partial charge in [0, 0.05) is 35.0 Å². The number of fused-ring (bicyclic) bond motifs is 1. The molecule has 1 unspecified atom stereocenters. The van der Waals surface area contributed by atoms with E-state index in [4.69, 9.17) is 4.74 Å². The number of rotatable bonds is 8. The summed E-state index contributed by atoms with van der Waals surface area (Å²) in [5.74, 6) is -1.23. The molecule has 4 aromatic rings. The molecular weight excluding hydrogens is 504 g/mol. The van der Waals surface area contributed by atoms with Crippen LogP contribution >= 0.6 is 0 Å². The third kappa shape index (κ3) is 5.18. The Balaban J connectivity index is 1.35. The fraction of sp³-hybridized carbons (Fsp3) is 0.182. The van der Waals surface area contributed by atoms with Crippen LogP contribution in [0.2, 0.25) is 0 Å². The first-order valence-corrected chi connectivity index (χ1v) is 13.1. The molecule has 0 bridgehead atoms. The molecule has 7 heteroatoms. The molecule has 0 aliphatic carbocycles. The van der Waals surface area contributed by atoms with Gasteiger partial charge in [-0.3, -0.25) is 9.59 Å². The van der Waals surface area contributed by atoms with Crippen molar-refractivity contribution in [3.05, 3.63) is 108 Å². The van der Waals surface area contributed by atoms with Crippen LogP contribution in [0.1, 0.15) is 40.1 Å². The molecule has 0 fully saturated rings. The Bertz CT molecular complexity index is 1580. The monoisotopic (exact) mass is 534 g/mol. The van der Waals surface area contributed by atoms with E-state index in [0.29, 0.717) is 22.6 Å². The van der Waals surface area contributed by atoms with E-state index < -0.39 is 12.0 Å². The van der Waals surface area contributed by atoms with E-state index in [1.807, 2.05) is 60.7 Å². The molecule has 1 atom stereocenters. The second kappa shape index (κ2) is 11.1. The number of amides is 2. The first-order valence-electron chi connectivity index (χ1n) is 13.1. The molecule has 2 amide bonds. The lowest BCUT2D eigenvalue weighted by molar-refractivity contribution is -0.144. The summed E-state index contributed by atoms with van der Waals surface area (Å²) in [5.41, 5.74) is 6.01. The average Bonchev–Trinajstić information content (AvgIpc) is 3.28. The van der Waals surface area contributed by atoms with Crippen LogP contribution in [0, 0.1) is 5.92 Å². The zero-order valence-corrected chi connectivity index (χ0v) is 22.5. The second-order valence-electron chi connectivity index (χ2n) is 10.1. The fourth-order valence-electron chi connectivity index (χ4n) is 5.15. The van der Waals surface area contributed by atoms with Crippen LogP contribution in [0.15, 0.2) is 91.0 Å². The van der Waals surface area contributed by atoms with Crippen molar-refractivity contribution < 1.29 is 24.2 Å². The maximum absolute atomic E-state index is 13.2. The summed E-state index contributed by atoms with van der Waals surface area (Å²) in [4.78, 5) is 39.4. The first-order chi connectivity index (χ1) is 19.3. The highest BCUT2D eigenvalue weighted by atomic mass is 16.5. The fourth-order valence-corrected chi connectivity index (χ4v) is 5.15. The van der Waals surface area contributed by atoms with Crippen molar-refractivity contribution >= 4 is 23.5 Å². The number of benzene rings is 4. The van der Waals surface area contributed by atoms with Gasteiger partial charge in [0.2, 0.25) is 0 Å². The van der Waals surface area contributed by atoms with Gasteiger partial charge >= 0.3 is 5.97 Å². The van der Waals surface area contributed by atoms with Crippen molar-refractivity contribution in [3.63, 3.8) is 0 Å². The molecule has 0 radical (unpaired) electrons. The number of carbonyl (C=O) groups is 3. The first kappa shape index (κ1) is 26.7. The topological polar surface area (TPSA) is 95.9 Å². The van der Waals surface area contributed by atoms with Crippen molar-refractivity contribution in [2.45, 2.75) is 26.4 Å². The molecule has 4 aromatic carbocycles. The van der Waals surface area contributed by atoms with Crippen molar-refractivity contribution in [1.82, 2.24) is 4.90 Å². The Morgan fingerprint density at radius 2 is 1.52 bits per heavy atom. The number of ether oxygens (including phenoxy) is 1. The molecule has 5 rings (SSSR count). The Morgan fingerprint density at radius 3 is 2.17 bits per heavy atom. The van der Waals surface area contributed by atoms with Gasteiger partial charge in [-0.05, 0) is 58.5 Å². The minimum absolute atomic E-state index is 0.222. The average molecular weight is 535 g/mol. The molecule has 1 heterocycles. The Hall–Kier alpha value is -4.91. The van der Waals surface area contributed by atoms with Crippen molar-refractivity contribution in [1.29, 1.82) is 0 Å². The Morgan fingerprint density at radius 1 is 0.850 bits per heavy atom. The van der Waals surface area contributed by atoms with Crippen LogP contribution in [0.25, 0.3) is 22.3 Å². The van der Waals surface area contributed by atoms with Gasteiger partial charge in [0.1, 0.15) is 11.8 Å². The third-order valence-electron chi connectivity index (χ3n) is 7.19. The predicted octanol–water partition coefficient (Wildman–Crippen LogP) is 6.35. The molecule has 7 nitrogen and oxygen atoms in total. The summed E-state index contributed by atoms with van der Waals surface area (Å²) < 4.78 is 5.64. The van der Waals surface area contributed by atoms with Gasteiger partial charge in [-0.15, -0.1) is 0 Å². The van der Waals surface area contributed by atoms with Gasteiger partial charge < -0.3 is 20.1 Å². The number of hydrogen-bond acceptors (Lipinski definition) is 4. The zero-order valence-electron chi connectivity index (χ0n) is 22.5. The molecule has 0 saturated heterocycles. The maximum atomic E-state index is 13.2. The number of hydrogen-bond donors (Lipinski definition) is 2. The van der Waals surface area contributed by atoms with E-state index in [1.54, 1.807) is 51.3 Å². The lowest BCUT2D eigenvalue weighted by atomic mass is 9.99. The number of aliphatic carboxylic acids is 1. The maximum Gasteiger partial charge on any atom is 0.326 e. The summed E-state index contributed by atoms with van der Waals surface area (Å²) >= 11 is 0. The number of methoxy groups -OCH3 is 1. The minimum atomic E-state index is -1.01. The molecule has 0 spiro atoms. The number of carbonyl (C=O) groups excluding carboxylic acids is 2. The van der Waals surface area contributed by atoms with Crippen LogP contribution in [0.3, 0.4) is 0 Å². The van der Waals surface area contributed by atoms with Gasteiger partial charge in [0.05, 0.1) is 7.11 Å². The lowest BCUT2D eigenvalue weighted by Gasteiger charge is -2.27. The molecule has 40 heavy (non-hydrogen) atoms. The number of nitrogens with one attached hydrogen (secondary N) is 1. The number of carboxylic acids is 1. The van der Waals surface area contributed by atoms with E-state index >= 15 is 0 Å². The van der Waals surface area contributed by atoms with Crippen LogP contribution in [0.4, 0.5) is 5.69 Å². The van der Waals surface area contributed by atoms with E-state index in [-0.39, 0.29) is 24.3 Å². The number of nitrogens with zero attached hydrogens (tertiary/aromatic N) is 1. The van der Waals surface area contributed by atoms with Gasteiger partial charge in [0.25, 0.3) is 11.8 Å². The van der Waals surface area contributed by atoms with Gasteiger partial charge in [0.15, 0.2) is 0 Å². The summed E-state index contributed by atoms with van der Waals surface area (Å²) in [6.07, 6.45) is 0. The molecular formula is C33H30N2O5. The van der Waals surface area contributed by atoms with Gasteiger partial charge in [-0.2, -0.15) is 0 Å². The quantitative estimate of drug-likeness (QED) is 0.275. The number of carboxylic acid groups (broad SMARTS) is 1. The van der Waals surface area contributed by atoms with Crippen LogP contribution in [-0.2, 0) is 11.3 Å². The van der Waals surface area contributed by atoms with E-state index in [1.165, 1.54) is 4.90 Å². The zero-order chi connectivity index (χ0) is 28.4. The van der Waals surface area contributed by atoms with Crippen LogP contribution in [-0.4, -0.2) is 40.9 Å². The van der Waals surface area contributed by atoms with Gasteiger partial charge in [-0.1, -0.05) is 68.4 Å². The van der Waals surface area contributed by atoms with Crippen molar-refractivity contribution in [3.8, 4) is 28.0 Å². The molecule has 202 valence electrons. The van der Waals surface area contributed by atoms with Crippen molar-refractivity contribution in [2.75, 3.05) is 12.4 Å². The second-order valence-corrected chi connectivity index (χ2v) is 10.1. The normalized spacial score (nSPS) is 13.2. The highest BCUT2D eigenvalue weighted by Crippen LogP contribution is 2.36. The summed E-state index contributed by atoms with van der Waals surface area (Å²) in [6, 6.07) is 27.4. The molecule has 0 aromatic heterocycles. The molecule has 2 N–H and O–H groups in total. The van der Waals surface area contributed by atoms with Crippen molar-refractivity contribution in [2.24, 2.45) is 5.92 Å². The standard InChI is InChI=1S/C33H30N2O5/c1-20(2)30(33(38)39)35-19-25-14-13-24(17-28(25)32(35)37)27-16-15-26(18-29(27)40-3)34-31(36)23-11-9-22(10-12-23)21-7-5-4-6-8-21/h4-18,20,30H,19H2,1-3H3,(H,34,36)(H,38,39). The van der Waals surface area contributed by atoms with E-state index in [9.17, 15) is 19.5 Å². The molecule has 1 aliphatic heterocycles. The minimum Gasteiger partial charge on any atom is -0.496 e. The molecule has 0 saturated carbocycles. The lowest BCUT2D eigenvalue weighted by Crippen LogP contribution is -2.44. The Labute approximate surface area is 233 Å². The smallest absolute Gasteiger partial charge is 0.326 e.